The number of nitrogens with zero attached hydrogens (tertiary/aromatic N) is 3. The van der Waals surface area contributed by atoms with Gasteiger partial charge >= 0.3 is 0 Å². The molecular weight excluding hydrogens is 280 g/mol. The van der Waals surface area contributed by atoms with Crippen molar-refractivity contribution in [2.24, 2.45) is 5.10 Å². The number of aromatic nitrogens is 2. The summed E-state index contributed by atoms with van der Waals surface area (Å²) >= 11 is 1.68. The van der Waals surface area contributed by atoms with E-state index >= 15 is 0 Å². The Hall–Kier alpha value is -2.27. The van der Waals surface area contributed by atoms with Crippen LogP contribution in [0.1, 0.15) is 21.6 Å². The topological polar surface area (TPSA) is 50.2 Å². The highest BCUT2D eigenvalue weighted by molar-refractivity contribution is 7.18. The molecule has 0 saturated carbocycles. The van der Waals surface area contributed by atoms with Gasteiger partial charge in [0.2, 0.25) is 0 Å². The number of fused-ring (bicyclic) bond motifs is 1. The quantitative estimate of drug-likeness (QED) is 0.585. The van der Waals surface area contributed by atoms with E-state index in [-0.39, 0.29) is 0 Å². The summed E-state index contributed by atoms with van der Waals surface area (Å²) in [4.78, 5) is 10.9. The number of rotatable bonds is 3. The van der Waals surface area contributed by atoms with Gasteiger partial charge in [0.25, 0.3) is 0 Å². The van der Waals surface area contributed by atoms with E-state index < -0.39 is 0 Å². The van der Waals surface area contributed by atoms with E-state index in [0.717, 1.165) is 21.6 Å². The number of aryl methyl sites for hydroxylation is 3. The van der Waals surface area contributed by atoms with E-state index in [0.29, 0.717) is 0 Å². The molecule has 0 bridgehead atoms. The van der Waals surface area contributed by atoms with Crippen LogP contribution in [0.25, 0.3) is 10.2 Å². The maximum atomic E-state index is 4.32. The van der Waals surface area contributed by atoms with Crippen LogP contribution in [0.2, 0.25) is 0 Å². The second-order valence-electron chi connectivity index (χ2n) is 4.97. The minimum atomic E-state index is 0.755. The fourth-order valence-electron chi connectivity index (χ4n) is 2.19. The molecule has 1 N–H and O–H groups in total. The Balaban J connectivity index is 1.89. The van der Waals surface area contributed by atoms with Gasteiger partial charge in [-0.1, -0.05) is 29.8 Å². The smallest absolute Gasteiger partial charge is 0.158 e. The zero-order valence-electron chi connectivity index (χ0n) is 12.2. The lowest BCUT2D eigenvalue weighted by Gasteiger charge is -2.02. The van der Waals surface area contributed by atoms with Crippen LogP contribution in [-0.2, 0) is 0 Å². The molecule has 2 aromatic heterocycles. The highest BCUT2D eigenvalue weighted by atomic mass is 32.1. The van der Waals surface area contributed by atoms with Crippen LogP contribution >= 0.6 is 11.3 Å². The van der Waals surface area contributed by atoms with Crippen molar-refractivity contribution < 1.29 is 0 Å². The van der Waals surface area contributed by atoms with Crippen molar-refractivity contribution in [3.8, 4) is 0 Å². The van der Waals surface area contributed by atoms with Gasteiger partial charge in [-0.05, 0) is 31.9 Å². The van der Waals surface area contributed by atoms with Crippen molar-refractivity contribution in [3.05, 3.63) is 52.2 Å². The second-order valence-corrected chi connectivity index (χ2v) is 6.17. The first-order chi connectivity index (χ1) is 10.1. The van der Waals surface area contributed by atoms with Crippen molar-refractivity contribution in [2.45, 2.75) is 20.8 Å². The third kappa shape index (κ3) is 2.78. The fourth-order valence-corrected chi connectivity index (χ4v) is 3.18. The summed E-state index contributed by atoms with van der Waals surface area (Å²) in [7, 11) is 0. The third-order valence-electron chi connectivity index (χ3n) is 3.39. The number of hydrazone groups is 1. The van der Waals surface area contributed by atoms with E-state index in [9.17, 15) is 0 Å². The van der Waals surface area contributed by atoms with Gasteiger partial charge in [-0.2, -0.15) is 5.10 Å². The summed E-state index contributed by atoms with van der Waals surface area (Å²) in [5, 5.41) is 5.35. The normalized spacial score (nSPS) is 11.4. The molecule has 0 aliphatic heterocycles. The molecule has 5 heteroatoms. The number of anilines is 1. The van der Waals surface area contributed by atoms with Crippen LogP contribution in [0.15, 0.2) is 35.7 Å². The summed E-state index contributed by atoms with van der Waals surface area (Å²) in [5.74, 6) is 0.755. The Kier molecular flexibility index (Phi) is 3.66. The first-order valence-corrected chi connectivity index (χ1v) is 7.53. The summed E-state index contributed by atoms with van der Waals surface area (Å²) in [5.41, 5.74) is 6.52. The predicted octanol–water partition coefficient (Wildman–Crippen LogP) is 4.06. The highest BCUT2D eigenvalue weighted by Crippen LogP contribution is 2.32. The lowest BCUT2D eigenvalue weighted by molar-refractivity contribution is 1.19. The van der Waals surface area contributed by atoms with Crippen molar-refractivity contribution >= 4 is 33.6 Å². The maximum Gasteiger partial charge on any atom is 0.158 e. The monoisotopic (exact) mass is 296 g/mol. The van der Waals surface area contributed by atoms with E-state index in [1.165, 1.54) is 16.0 Å². The molecule has 0 spiro atoms. The molecule has 0 atom stereocenters. The third-order valence-corrected chi connectivity index (χ3v) is 4.51. The number of nitrogens with one attached hydrogen (secondary N) is 1. The second kappa shape index (κ2) is 5.61. The lowest BCUT2D eigenvalue weighted by atomic mass is 10.2. The molecule has 0 aliphatic rings. The molecule has 3 aromatic rings. The number of hydrogen-bond acceptors (Lipinski definition) is 5. The van der Waals surface area contributed by atoms with E-state index in [1.807, 2.05) is 12.1 Å². The Bertz CT molecular complexity index is 820. The molecule has 21 heavy (non-hydrogen) atoms. The molecule has 4 nitrogen and oxygen atoms in total. The molecule has 0 aliphatic carbocycles. The lowest BCUT2D eigenvalue weighted by Crippen LogP contribution is -1.95. The molecule has 106 valence electrons. The molecule has 2 heterocycles. The van der Waals surface area contributed by atoms with Crippen LogP contribution in [0.3, 0.4) is 0 Å². The SMILES string of the molecule is Cc1cccc(/C=N/Nc2ncnc3sc(C)c(C)c23)c1. The van der Waals surface area contributed by atoms with Crippen molar-refractivity contribution in [1.82, 2.24) is 9.97 Å². The van der Waals surface area contributed by atoms with Gasteiger partial charge in [0, 0.05) is 4.88 Å². The summed E-state index contributed by atoms with van der Waals surface area (Å²) < 4.78 is 0. The fraction of sp³-hybridized carbons (Fsp3) is 0.188. The van der Waals surface area contributed by atoms with Gasteiger partial charge in [0.05, 0.1) is 11.6 Å². The Morgan fingerprint density at radius 3 is 2.86 bits per heavy atom. The molecule has 0 unspecified atom stereocenters. The van der Waals surface area contributed by atoms with Gasteiger partial charge in [0.15, 0.2) is 5.82 Å². The summed E-state index contributed by atoms with van der Waals surface area (Å²) in [6, 6.07) is 8.19. The highest BCUT2D eigenvalue weighted by Gasteiger charge is 2.10. The minimum absolute atomic E-state index is 0.755. The molecule has 0 fully saturated rings. The van der Waals surface area contributed by atoms with Gasteiger partial charge in [0.1, 0.15) is 11.2 Å². The van der Waals surface area contributed by atoms with Crippen molar-refractivity contribution in [3.63, 3.8) is 0 Å². The van der Waals surface area contributed by atoms with Crippen LogP contribution in [0.5, 0.6) is 0 Å². The average Bonchev–Trinajstić information content (AvgIpc) is 2.75. The largest absolute Gasteiger partial charge is 0.261 e. The standard InChI is InChI=1S/C16H16N4S/c1-10-5-4-6-13(7-10)8-19-20-15-14-11(2)12(3)21-16(14)18-9-17-15/h4-9H,1-3H3,(H,17,18,20)/b19-8+. The predicted molar refractivity (Wildman–Crippen MR) is 89.3 cm³/mol. The minimum Gasteiger partial charge on any atom is -0.261 e. The van der Waals surface area contributed by atoms with Gasteiger partial charge in [-0.3, -0.25) is 5.43 Å². The number of thiophene rings is 1. The average molecular weight is 296 g/mol. The van der Waals surface area contributed by atoms with Gasteiger partial charge < -0.3 is 0 Å². The van der Waals surface area contributed by atoms with Gasteiger partial charge in [-0.15, -0.1) is 11.3 Å². The molecular formula is C16H16N4S. The Morgan fingerprint density at radius 1 is 1.19 bits per heavy atom. The first kappa shape index (κ1) is 13.7. The van der Waals surface area contributed by atoms with E-state index in [1.54, 1.807) is 23.9 Å². The van der Waals surface area contributed by atoms with Crippen LogP contribution < -0.4 is 5.43 Å². The first-order valence-electron chi connectivity index (χ1n) is 6.71. The van der Waals surface area contributed by atoms with Crippen molar-refractivity contribution in [1.29, 1.82) is 0 Å². The maximum absolute atomic E-state index is 4.32. The van der Waals surface area contributed by atoms with Crippen LogP contribution in [0, 0.1) is 20.8 Å². The molecule has 0 amide bonds. The zero-order chi connectivity index (χ0) is 14.8. The summed E-state index contributed by atoms with van der Waals surface area (Å²) in [6.07, 6.45) is 3.37. The molecule has 0 saturated heterocycles. The molecule has 3 rings (SSSR count). The number of benzene rings is 1. The van der Waals surface area contributed by atoms with Gasteiger partial charge in [-0.25, -0.2) is 9.97 Å². The Labute approximate surface area is 127 Å². The van der Waals surface area contributed by atoms with E-state index in [2.05, 4.69) is 53.4 Å². The van der Waals surface area contributed by atoms with Crippen LogP contribution in [0.4, 0.5) is 5.82 Å². The molecule has 0 radical (unpaired) electrons. The Morgan fingerprint density at radius 2 is 2.05 bits per heavy atom. The van der Waals surface area contributed by atoms with Crippen LogP contribution in [-0.4, -0.2) is 16.2 Å². The van der Waals surface area contributed by atoms with E-state index in [4.69, 9.17) is 0 Å². The molecule has 1 aromatic carbocycles. The summed E-state index contributed by atoms with van der Waals surface area (Å²) in [6.45, 7) is 6.25. The number of hydrogen-bond donors (Lipinski definition) is 1. The zero-order valence-corrected chi connectivity index (χ0v) is 13.0. The van der Waals surface area contributed by atoms with Crippen molar-refractivity contribution in [2.75, 3.05) is 5.43 Å².